The number of hydrogen-bond acceptors (Lipinski definition) is 6. The molecular formula is C27H20BrIN2O7. The molecular weight excluding hydrogens is 671 g/mol. The molecule has 0 atom stereocenters. The topological polar surface area (TPSA) is 122 Å². The Balaban J connectivity index is 1.64. The molecule has 0 aromatic heterocycles. The smallest absolute Gasteiger partial charge is 0.335 e. The number of amides is 4. The maximum atomic E-state index is 13.2. The maximum Gasteiger partial charge on any atom is 0.335 e. The molecule has 0 unspecified atom stereocenters. The van der Waals surface area contributed by atoms with E-state index in [9.17, 15) is 19.2 Å². The molecule has 9 nitrogen and oxygen atoms in total. The number of hydrogen-bond donors (Lipinski definition) is 2. The SMILES string of the molecule is CCOc1cc(/C=C2\C(=O)NC(=O)N(c3ccc(C(=O)O)cc3)C2=O)cc(I)c1OCc1ccc(Br)cc1. The minimum atomic E-state index is -1.15. The Morgan fingerprint density at radius 1 is 1.05 bits per heavy atom. The van der Waals surface area contributed by atoms with E-state index in [0.29, 0.717) is 33.8 Å². The number of carboxylic acid groups (broad SMARTS) is 1. The second-order valence-electron chi connectivity index (χ2n) is 7.99. The Hall–Kier alpha value is -3.71. The summed E-state index contributed by atoms with van der Waals surface area (Å²) in [6.07, 6.45) is 1.37. The second-order valence-corrected chi connectivity index (χ2v) is 10.1. The summed E-state index contributed by atoms with van der Waals surface area (Å²) in [4.78, 5) is 50.2. The lowest BCUT2D eigenvalue weighted by Gasteiger charge is -2.26. The van der Waals surface area contributed by atoms with Gasteiger partial charge in [0.1, 0.15) is 12.2 Å². The molecule has 1 saturated heterocycles. The van der Waals surface area contributed by atoms with E-state index in [-0.39, 0.29) is 16.8 Å². The standard InChI is InChI=1S/C27H20BrIN2O7/c1-2-37-22-13-16(12-21(29)23(22)38-14-15-3-7-18(28)8-4-15)11-20-24(32)30-27(36)31(25(20)33)19-9-5-17(6-10-19)26(34)35/h3-13H,2,14H2,1H3,(H,34,35)(H,30,32,36)/b20-11+. The summed E-state index contributed by atoms with van der Waals surface area (Å²) >= 11 is 5.50. The third kappa shape index (κ3) is 6.05. The predicted octanol–water partition coefficient (Wildman–Crippen LogP) is 5.40. The van der Waals surface area contributed by atoms with Crippen molar-refractivity contribution < 1.29 is 33.8 Å². The van der Waals surface area contributed by atoms with Gasteiger partial charge >= 0.3 is 12.0 Å². The van der Waals surface area contributed by atoms with Crippen molar-refractivity contribution in [1.82, 2.24) is 5.32 Å². The zero-order valence-electron chi connectivity index (χ0n) is 19.9. The number of carboxylic acids is 1. The summed E-state index contributed by atoms with van der Waals surface area (Å²) in [6, 6.07) is 15.3. The first kappa shape index (κ1) is 27.3. The monoisotopic (exact) mass is 690 g/mol. The minimum absolute atomic E-state index is 0.00840. The summed E-state index contributed by atoms with van der Waals surface area (Å²) in [5.41, 5.74) is 1.29. The Morgan fingerprint density at radius 2 is 1.74 bits per heavy atom. The molecule has 3 aromatic rings. The van der Waals surface area contributed by atoms with Gasteiger partial charge < -0.3 is 14.6 Å². The van der Waals surface area contributed by atoms with Crippen LogP contribution in [0, 0.1) is 3.57 Å². The van der Waals surface area contributed by atoms with Crippen LogP contribution in [0.2, 0.25) is 0 Å². The molecule has 194 valence electrons. The van der Waals surface area contributed by atoms with Crippen molar-refractivity contribution in [1.29, 1.82) is 0 Å². The highest BCUT2D eigenvalue weighted by Gasteiger charge is 2.37. The number of nitrogens with one attached hydrogen (secondary N) is 1. The van der Waals surface area contributed by atoms with Crippen molar-refractivity contribution >= 4 is 74.1 Å². The van der Waals surface area contributed by atoms with Gasteiger partial charge in [-0.15, -0.1) is 0 Å². The molecule has 3 aromatic carbocycles. The third-order valence-corrected chi connectivity index (χ3v) is 6.74. The fraction of sp³-hybridized carbons (Fsp3) is 0.111. The van der Waals surface area contributed by atoms with Crippen molar-refractivity contribution in [2.24, 2.45) is 0 Å². The zero-order chi connectivity index (χ0) is 27.4. The number of carbonyl (C=O) groups is 4. The number of barbiturate groups is 1. The lowest BCUT2D eigenvalue weighted by molar-refractivity contribution is -0.122. The molecule has 38 heavy (non-hydrogen) atoms. The lowest BCUT2D eigenvalue weighted by Crippen LogP contribution is -2.54. The van der Waals surface area contributed by atoms with Crippen molar-refractivity contribution in [3.63, 3.8) is 0 Å². The quantitative estimate of drug-likeness (QED) is 0.185. The van der Waals surface area contributed by atoms with Gasteiger partial charge in [-0.3, -0.25) is 14.9 Å². The number of halogens is 2. The first-order valence-corrected chi connectivity index (χ1v) is 13.1. The minimum Gasteiger partial charge on any atom is -0.490 e. The average molecular weight is 691 g/mol. The van der Waals surface area contributed by atoms with Gasteiger partial charge in [-0.05, 0) is 95.2 Å². The highest BCUT2D eigenvalue weighted by Crippen LogP contribution is 2.36. The largest absolute Gasteiger partial charge is 0.490 e. The van der Waals surface area contributed by atoms with Gasteiger partial charge in [0.15, 0.2) is 11.5 Å². The van der Waals surface area contributed by atoms with Crippen LogP contribution in [0.1, 0.15) is 28.4 Å². The lowest BCUT2D eigenvalue weighted by atomic mass is 10.1. The van der Waals surface area contributed by atoms with Crippen molar-refractivity contribution in [3.05, 3.63) is 91.0 Å². The van der Waals surface area contributed by atoms with E-state index in [1.54, 1.807) is 12.1 Å². The fourth-order valence-corrected chi connectivity index (χ4v) is 4.67. The van der Waals surface area contributed by atoms with Crippen LogP contribution in [0.3, 0.4) is 0 Å². The summed E-state index contributed by atoms with van der Waals surface area (Å²) in [5, 5.41) is 11.3. The van der Waals surface area contributed by atoms with Crippen LogP contribution in [-0.4, -0.2) is 35.5 Å². The first-order valence-electron chi connectivity index (χ1n) is 11.3. The van der Waals surface area contributed by atoms with E-state index in [4.69, 9.17) is 14.6 Å². The molecule has 2 N–H and O–H groups in total. The molecule has 0 radical (unpaired) electrons. The highest BCUT2D eigenvalue weighted by atomic mass is 127. The van der Waals surface area contributed by atoms with Gasteiger partial charge in [0, 0.05) is 4.47 Å². The van der Waals surface area contributed by atoms with E-state index in [2.05, 4.69) is 43.8 Å². The molecule has 11 heteroatoms. The molecule has 0 aliphatic carbocycles. The van der Waals surface area contributed by atoms with E-state index in [0.717, 1.165) is 14.9 Å². The number of ether oxygens (including phenoxy) is 2. The van der Waals surface area contributed by atoms with Crippen LogP contribution >= 0.6 is 38.5 Å². The summed E-state index contributed by atoms with van der Waals surface area (Å²) in [6.45, 7) is 2.49. The van der Waals surface area contributed by atoms with Gasteiger partial charge in [-0.1, -0.05) is 28.1 Å². The molecule has 4 rings (SSSR count). The van der Waals surface area contributed by atoms with Gasteiger partial charge in [-0.25, -0.2) is 14.5 Å². The predicted molar refractivity (Wildman–Crippen MR) is 151 cm³/mol. The second kappa shape index (κ2) is 11.8. The van der Waals surface area contributed by atoms with Gasteiger partial charge in [-0.2, -0.15) is 0 Å². The van der Waals surface area contributed by atoms with Crippen molar-refractivity contribution in [3.8, 4) is 11.5 Å². The number of urea groups is 1. The van der Waals surface area contributed by atoms with Crippen LogP contribution in [0.4, 0.5) is 10.5 Å². The molecule has 1 heterocycles. The number of rotatable bonds is 8. The highest BCUT2D eigenvalue weighted by molar-refractivity contribution is 14.1. The number of carbonyl (C=O) groups excluding carboxylic acids is 3. The summed E-state index contributed by atoms with van der Waals surface area (Å²) < 4.78 is 13.5. The zero-order valence-corrected chi connectivity index (χ0v) is 23.6. The summed E-state index contributed by atoms with van der Waals surface area (Å²) in [7, 11) is 0. The van der Waals surface area contributed by atoms with Crippen LogP contribution in [0.15, 0.2) is 70.7 Å². The average Bonchev–Trinajstić information content (AvgIpc) is 2.87. The summed E-state index contributed by atoms with van der Waals surface area (Å²) in [5.74, 6) is -1.88. The van der Waals surface area contributed by atoms with Gasteiger partial charge in [0.05, 0.1) is 21.4 Å². The van der Waals surface area contributed by atoms with Gasteiger partial charge in [0.25, 0.3) is 11.8 Å². The van der Waals surface area contributed by atoms with Crippen LogP contribution in [0.5, 0.6) is 11.5 Å². The van der Waals surface area contributed by atoms with E-state index in [1.165, 1.54) is 30.3 Å². The normalized spacial score (nSPS) is 14.4. The number of benzene rings is 3. The Labute approximate surface area is 239 Å². The van der Waals surface area contributed by atoms with Crippen LogP contribution in [0.25, 0.3) is 6.08 Å². The Bertz CT molecular complexity index is 1450. The van der Waals surface area contributed by atoms with Crippen LogP contribution in [-0.2, 0) is 16.2 Å². The van der Waals surface area contributed by atoms with E-state index < -0.39 is 23.8 Å². The molecule has 1 aliphatic heterocycles. The van der Waals surface area contributed by atoms with E-state index >= 15 is 0 Å². The number of nitrogens with zero attached hydrogens (tertiary/aromatic N) is 1. The molecule has 1 fully saturated rings. The van der Waals surface area contributed by atoms with Gasteiger partial charge in [0.2, 0.25) is 0 Å². The van der Waals surface area contributed by atoms with Crippen molar-refractivity contribution in [2.75, 3.05) is 11.5 Å². The Morgan fingerprint density at radius 3 is 2.37 bits per heavy atom. The molecule has 1 aliphatic rings. The maximum absolute atomic E-state index is 13.2. The molecule has 0 spiro atoms. The molecule has 0 saturated carbocycles. The van der Waals surface area contributed by atoms with E-state index in [1.807, 2.05) is 31.2 Å². The number of aromatic carboxylic acids is 1. The molecule has 0 bridgehead atoms. The van der Waals surface area contributed by atoms with Crippen molar-refractivity contribution in [2.45, 2.75) is 13.5 Å². The van der Waals surface area contributed by atoms with Crippen LogP contribution < -0.4 is 19.7 Å². The third-order valence-electron chi connectivity index (χ3n) is 5.41. The number of imide groups is 2. The molecule has 4 amide bonds. The Kier molecular flexibility index (Phi) is 8.47. The fourth-order valence-electron chi connectivity index (χ4n) is 3.62. The number of anilines is 1. The first-order chi connectivity index (χ1) is 18.2.